The Balaban J connectivity index is 1.64. The summed E-state index contributed by atoms with van der Waals surface area (Å²) in [4.78, 5) is 15.2. The van der Waals surface area contributed by atoms with E-state index in [1.165, 1.54) is 4.31 Å². The van der Waals surface area contributed by atoms with Crippen molar-refractivity contribution in [2.75, 3.05) is 32.7 Å². The Kier molecular flexibility index (Phi) is 6.31. The summed E-state index contributed by atoms with van der Waals surface area (Å²) in [6.07, 6.45) is 0. The van der Waals surface area contributed by atoms with Gasteiger partial charge in [-0.2, -0.15) is 4.31 Å². The van der Waals surface area contributed by atoms with Gasteiger partial charge in [-0.25, -0.2) is 8.42 Å². The largest absolute Gasteiger partial charge is 0.349 e. The molecule has 0 aliphatic carbocycles. The molecule has 2 heterocycles. The third kappa shape index (κ3) is 4.32. The van der Waals surface area contributed by atoms with Gasteiger partial charge in [0.05, 0.1) is 11.4 Å². The molecule has 1 saturated heterocycles. The average molecular weight is 418 g/mol. The van der Waals surface area contributed by atoms with E-state index in [9.17, 15) is 13.2 Å². The van der Waals surface area contributed by atoms with E-state index in [1.54, 1.807) is 12.1 Å². The molecule has 2 aromatic rings. The van der Waals surface area contributed by atoms with Crippen molar-refractivity contribution in [2.24, 2.45) is 0 Å². The lowest BCUT2D eigenvalue weighted by atomic mass is 10.1. The molecule has 1 aliphatic heterocycles. The Bertz CT molecular complexity index is 1020. The molecule has 158 valence electrons. The Morgan fingerprint density at radius 1 is 0.966 bits per heavy atom. The van der Waals surface area contributed by atoms with Crippen LogP contribution < -0.4 is 0 Å². The molecule has 0 spiro atoms. The van der Waals surface area contributed by atoms with Crippen molar-refractivity contribution in [3.8, 4) is 0 Å². The summed E-state index contributed by atoms with van der Waals surface area (Å²) in [5.41, 5.74) is 4.92. The maximum absolute atomic E-state index is 13.0. The quantitative estimate of drug-likeness (QED) is 0.678. The first kappa shape index (κ1) is 21.7. The van der Waals surface area contributed by atoms with Crippen LogP contribution >= 0.6 is 0 Å². The van der Waals surface area contributed by atoms with Crippen molar-refractivity contribution >= 4 is 15.8 Å². The predicted octanol–water partition coefficient (Wildman–Crippen LogP) is 2.93. The summed E-state index contributed by atoms with van der Waals surface area (Å²) in [5.74, 6) is 0.100. The maximum Gasteiger partial charge on any atom is 0.243 e. The molecule has 1 aromatic heterocycles. The number of ketones is 1. The minimum Gasteiger partial charge on any atom is -0.349 e. The number of sulfonamides is 1. The normalized spacial score (nSPS) is 16.3. The molecule has 0 radical (unpaired) electrons. The molecular formula is C22H31N3O3S. The van der Waals surface area contributed by atoms with Gasteiger partial charge in [-0.3, -0.25) is 9.69 Å². The zero-order chi connectivity index (χ0) is 21.3. The molecule has 1 aromatic carbocycles. The van der Waals surface area contributed by atoms with Crippen LogP contribution in [0, 0.1) is 27.7 Å². The summed E-state index contributed by atoms with van der Waals surface area (Å²) in [7, 11) is -3.50. The molecular weight excluding hydrogens is 386 g/mol. The minimum absolute atomic E-state index is 0.100. The fourth-order valence-electron chi connectivity index (χ4n) is 4.01. The number of benzene rings is 1. The molecule has 1 fully saturated rings. The SMILES string of the molecule is CCn1c(C)cc(C(=O)CN2CCN(S(=O)(=O)c3ccc(C)c(C)c3)CC2)c1C. The molecule has 6 nitrogen and oxygen atoms in total. The Labute approximate surface area is 174 Å². The lowest BCUT2D eigenvalue weighted by Crippen LogP contribution is -2.49. The first-order valence-electron chi connectivity index (χ1n) is 10.1. The van der Waals surface area contributed by atoms with E-state index in [4.69, 9.17) is 0 Å². The number of carbonyl (C=O) groups is 1. The van der Waals surface area contributed by atoms with Crippen molar-refractivity contribution in [1.82, 2.24) is 13.8 Å². The Morgan fingerprint density at radius 2 is 1.62 bits per heavy atom. The zero-order valence-corrected chi connectivity index (χ0v) is 18.8. The highest BCUT2D eigenvalue weighted by atomic mass is 32.2. The van der Waals surface area contributed by atoms with Gasteiger partial charge < -0.3 is 4.57 Å². The maximum atomic E-state index is 13.0. The van der Waals surface area contributed by atoms with E-state index in [0.29, 0.717) is 37.6 Å². The highest BCUT2D eigenvalue weighted by molar-refractivity contribution is 7.89. The zero-order valence-electron chi connectivity index (χ0n) is 18.0. The first-order valence-corrected chi connectivity index (χ1v) is 11.6. The standard InChI is InChI=1S/C22H31N3O3S/c1-6-25-18(4)14-21(19(25)5)22(26)15-23-9-11-24(12-10-23)29(27,28)20-8-7-16(2)17(3)13-20/h7-8,13-14H,6,9-12,15H2,1-5H3. The second-order valence-corrected chi connectivity index (χ2v) is 9.82. The van der Waals surface area contributed by atoms with Gasteiger partial charge in [0.15, 0.2) is 5.78 Å². The molecule has 0 N–H and O–H groups in total. The third-order valence-electron chi connectivity index (χ3n) is 6.00. The number of aryl methyl sites for hydroxylation is 3. The summed E-state index contributed by atoms with van der Waals surface area (Å²) >= 11 is 0. The lowest BCUT2D eigenvalue weighted by molar-refractivity contribution is 0.0901. The number of Topliss-reactive ketones (excluding diaryl/α,β-unsaturated/α-hetero) is 1. The number of hydrogen-bond acceptors (Lipinski definition) is 4. The van der Waals surface area contributed by atoms with E-state index < -0.39 is 10.0 Å². The van der Waals surface area contributed by atoms with E-state index in [1.807, 2.05) is 44.7 Å². The van der Waals surface area contributed by atoms with Gasteiger partial charge in [-0.05, 0) is 63.9 Å². The fraction of sp³-hybridized carbons (Fsp3) is 0.500. The van der Waals surface area contributed by atoms with Crippen molar-refractivity contribution in [2.45, 2.75) is 46.1 Å². The van der Waals surface area contributed by atoms with E-state index in [2.05, 4.69) is 11.5 Å². The van der Waals surface area contributed by atoms with Crippen LogP contribution in [0.1, 0.15) is 39.8 Å². The number of rotatable bonds is 6. The molecule has 29 heavy (non-hydrogen) atoms. The van der Waals surface area contributed by atoms with Gasteiger partial charge in [-0.15, -0.1) is 0 Å². The predicted molar refractivity (Wildman–Crippen MR) is 115 cm³/mol. The minimum atomic E-state index is -3.50. The average Bonchev–Trinajstić information content (AvgIpc) is 2.98. The number of carbonyl (C=O) groups excluding carboxylic acids is 1. The van der Waals surface area contributed by atoms with Gasteiger partial charge in [-0.1, -0.05) is 6.07 Å². The van der Waals surface area contributed by atoms with Crippen LogP contribution in [0.3, 0.4) is 0 Å². The molecule has 0 bridgehead atoms. The van der Waals surface area contributed by atoms with Crippen LogP contribution in [0.2, 0.25) is 0 Å². The summed E-state index contributed by atoms with van der Waals surface area (Å²) in [5, 5.41) is 0. The summed E-state index contributed by atoms with van der Waals surface area (Å²) in [6.45, 7) is 13.1. The van der Waals surface area contributed by atoms with E-state index >= 15 is 0 Å². The molecule has 0 amide bonds. The Hall–Kier alpha value is -1.96. The van der Waals surface area contributed by atoms with E-state index in [0.717, 1.165) is 34.6 Å². The van der Waals surface area contributed by atoms with Crippen LogP contribution in [0.5, 0.6) is 0 Å². The topological polar surface area (TPSA) is 62.6 Å². The van der Waals surface area contributed by atoms with Crippen molar-refractivity contribution in [3.63, 3.8) is 0 Å². The van der Waals surface area contributed by atoms with Gasteiger partial charge in [0, 0.05) is 49.7 Å². The fourth-order valence-corrected chi connectivity index (χ4v) is 5.52. The summed E-state index contributed by atoms with van der Waals surface area (Å²) < 4.78 is 29.6. The molecule has 0 saturated carbocycles. The van der Waals surface area contributed by atoms with Crippen LogP contribution in [0.25, 0.3) is 0 Å². The van der Waals surface area contributed by atoms with E-state index in [-0.39, 0.29) is 5.78 Å². The van der Waals surface area contributed by atoms with Crippen molar-refractivity contribution < 1.29 is 13.2 Å². The summed E-state index contributed by atoms with van der Waals surface area (Å²) in [6, 6.07) is 7.23. The highest BCUT2D eigenvalue weighted by Crippen LogP contribution is 2.21. The van der Waals surface area contributed by atoms with Crippen LogP contribution in [0.15, 0.2) is 29.2 Å². The Morgan fingerprint density at radius 3 is 2.17 bits per heavy atom. The number of piperazine rings is 1. The lowest BCUT2D eigenvalue weighted by Gasteiger charge is -2.33. The van der Waals surface area contributed by atoms with Gasteiger partial charge in [0.2, 0.25) is 10.0 Å². The van der Waals surface area contributed by atoms with Gasteiger partial charge in [0.25, 0.3) is 0 Å². The number of nitrogens with zero attached hydrogens (tertiary/aromatic N) is 3. The van der Waals surface area contributed by atoms with Crippen molar-refractivity contribution in [1.29, 1.82) is 0 Å². The number of aromatic nitrogens is 1. The highest BCUT2D eigenvalue weighted by Gasteiger charge is 2.29. The molecule has 0 atom stereocenters. The number of hydrogen-bond donors (Lipinski definition) is 0. The second-order valence-electron chi connectivity index (χ2n) is 7.88. The van der Waals surface area contributed by atoms with Crippen molar-refractivity contribution in [3.05, 3.63) is 52.3 Å². The second kappa shape index (κ2) is 8.42. The first-order chi connectivity index (χ1) is 13.6. The smallest absolute Gasteiger partial charge is 0.243 e. The monoisotopic (exact) mass is 417 g/mol. The van der Waals surface area contributed by atoms with Gasteiger partial charge in [0.1, 0.15) is 0 Å². The van der Waals surface area contributed by atoms with Gasteiger partial charge >= 0.3 is 0 Å². The molecule has 0 unspecified atom stereocenters. The van der Waals surface area contributed by atoms with Crippen LogP contribution in [-0.4, -0.2) is 60.7 Å². The molecule has 3 rings (SSSR count). The molecule has 7 heteroatoms. The third-order valence-corrected chi connectivity index (χ3v) is 7.90. The molecule has 1 aliphatic rings. The van der Waals surface area contributed by atoms with Crippen LogP contribution in [0.4, 0.5) is 0 Å². The van der Waals surface area contributed by atoms with Crippen LogP contribution in [-0.2, 0) is 16.6 Å².